The maximum atomic E-state index is 5.82. The van der Waals surface area contributed by atoms with Gasteiger partial charge in [0.05, 0.1) is 5.69 Å². The normalized spacial score (nSPS) is 19.6. The van der Waals surface area contributed by atoms with E-state index >= 15 is 0 Å². The van der Waals surface area contributed by atoms with Crippen molar-refractivity contribution in [1.29, 1.82) is 0 Å². The third-order valence-electron chi connectivity index (χ3n) is 4.54. The number of fused-ring (bicyclic) bond motifs is 1. The summed E-state index contributed by atoms with van der Waals surface area (Å²) in [5, 5.41) is 1.17. The second-order valence-corrected chi connectivity index (χ2v) is 7.79. The molecule has 3 rings (SSSR count). The highest BCUT2D eigenvalue weighted by atomic mass is 32.1. The number of hydrogen-bond acceptors (Lipinski definition) is 4. The molecular weight excluding hydrogens is 266 g/mol. The zero-order chi connectivity index (χ0) is 14.3. The highest BCUT2D eigenvalue weighted by Gasteiger charge is 2.28. The average molecular weight is 289 g/mol. The first-order valence-corrected chi connectivity index (χ1v) is 8.27. The van der Waals surface area contributed by atoms with E-state index in [0.29, 0.717) is 17.9 Å². The molecule has 0 bridgehead atoms. The number of hydrogen-bond donors (Lipinski definition) is 1. The topological polar surface area (TPSA) is 51.8 Å². The lowest BCUT2D eigenvalue weighted by molar-refractivity contribution is 0.226. The van der Waals surface area contributed by atoms with Crippen LogP contribution in [0.25, 0.3) is 10.2 Å². The smallest absolute Gasteiger partial charge is 0.127 e. The van der Waals surface area contributed by atoms with Crippen LogP contribution in [-0.4, -0.2) is 9.97 Å². The minimum absolute atomic E-state index is 0.494. The maximum Gasteiger partial charge on any atom is 0.127 e. The van der Waals surface area contributed by atoms with Crippen molar-refractivity contribution in [1.82, 2.24) is 9.97 Å². The van der Waals surface area contributed by atoms with Crippen LogP contribution in [-0.2, 0) is 6.54 Å². The summed E-state index contributed by atoms with van der Waals surface area (Å²) in [4.78, 5) is 11.6. The van der Waals surface area contributed by atoms with Crippen LogP contribution in [0.5, 0.6) is 0 Å². The summed E-state index contributed by atoms with van der Waals surface area (Å²) in [5.41, 5.74) is 7.33. The maximum absolute atomic E-state index is 5.82. The van der Waals surface area contributed by atoms with E-state index in [4.69, 9.17) is 5.73 Å². The monoisotopic (exact) mass is 289 g/mol. The Bertz CT molecular complexity index is 620. The van der Waals surface area contributed by atoms with Crippen molar-refractivity contribution < 1.29 is 0 Å². The molecule has 0 aliphatic heterocycles. The molecule has 2 aromatic rings. The predicted octanol–water partition coefficient (Wildman–Crippen LogP) is 4.14. The second-order valence-electron chi connectivity index (χ2n) is 6.73. The lowest BCUT2D eigenvalue weighted by Crippen LogP contribution is -2.19. The van der Waals surface area contributed by atoms with Gasteiger partial charge in [-0.15, -0.1) is 11.3 Å². The molecule has 1 aliphatic carbocycles. The van der Waals surface area contributed by atoms with E-state index in [1.807, 2.05) is 18.3 Å². The first-order valence-electron chi connectivity index (χ1n) is 7.45. The van der Waals surface area contributed by atoms with Crippen LogP contribution in [0.2, 0.25) is 0 Å². The first-order chi connectivity index (χ1) is 9.48. The minimum Gasteiger partial charge on any atom is -0.325 e. The Balaban J connectivity index is 1.94. The largest absolute Gasteiger partial charge is 0.325 e. The van der Waals surface area contributed by atoms with Gasteiger partial charge in [-0.3, -0.25) is 0 Å². The summed E-state index contributed by atoms with van der Waals surface area (Å²) >= 11 is 1.84. The molecule has 0 saturated heterocycles. The Labute approximate surface area is 124 Å². The molecule has 20 heavy (non-hydrogen) atoms. The molecule has 3 nitrogen and oxygen atoms in total. The van der Waals surface area contributed by atoms with Crippen LogP contribution in [0.1, 0.15) is 61.8 Å². The van der Waals surface area contributed by atoms with Crippen molar-refractivity contribution in [2.24, 2.45) is 11.1 Å². The van der Waals surface area contributed by atoms with Gasteiger partial charge in [0, 0.05) is 16.8 Å². The molecule has 1 fully saturated rings. The van der Waals surface area contributed by atoms with E-state index < -0.39 is 0 Å². The van der Waals surface area contributed by atoms with Gasteiger partial charge in [-0.1, -0.05) is 13.8 Å². The SMILES string of the molecule is Cc1nc(CN)c2cc(C3CCC(C)(C)CC3)sc2n1. The quantitative estimate of drug-likeness (QED) is 0.904. The van der Waals surface area contributed by atoms with Gasteiger partial charge in [0.25, 0.3) is 0 Å². The highest BCUT2D eigenvalue weighted by Crippen LogP contribution is 2.45. The molecule has 0 radical (unpaired) electrons. The molecule has 108 valence electrons. The fourth-order valence-corrected chi connectivity index (χ4v) is 4.42. The van der Waals surface area contributed by atoms with Crippen LogP contribution in [0.3, 0.4) is 0 Å². The molecule has 0 amide bonds. The summed E-state index contributed by atoms with van der Waals surface area (Å²) in [5.74, 6) is 1.53. The van der Waals surface area contributed by atoms with Gasteiger partial charge in [0.2, 0.25) is 0 Å². The van der Waals surface area contributed by atoms with Crippen LogP contribution < -0.4 is 5.73 Å². The van der Waals surface area contributed by atoms with Crippen LogP contribution >= 0.6 is 11.3 Å². The minimum atomic E-state index is 0.494. The van der Waals surface area contributed by atoms with Crippen molar-refractivity contribution in [2.45, 2.75) is 58.9 Å². The molecule has 1 saturated carbocycles. The lowest BCUT2D eigenvalue weighted by Gasteiger charge is -2.33. The van der Waals surface area contributed by atoms with E-state index in [9.17, 15) is 0 Å². The molecular formula is C16H23N3S. The van der Waals surface area contributed by atoms with Gasteiger partial charge in [-0.25, -0.2) is 9.97 Å². The van der Waals surface area contributed by atoms with Crippen LogP contribution in [0.4, 0.5) is 0 Å². The number of nitrogens with zero attached hydrogens (tertiary/aromatic N) is 2. The Morgan fingerprint density at radius 2 is 2.00 bits per heavy atom. The fraction of sp³-hybridized carbons (Fsp3) is 0.625. The van der Waals surface area contributed by atoms with E-state index in [-0.39, 0.29) is 0 Å². The summed E-state index contributed by atoms with van der Waals surface area (Å²) in [7, 11) is 0. The molecule has 0 atom stereocenters. The van der Waals surface area contributed by atoms with E-state index in [1.165, 1.54) is 35.9 Å². The van der Waals surface area contributed by atoms with Crippen LogP contribution in [0, 0.1) is 12.3 Å². The molecule has 0 spiro atoms. The van der Waals surface area contributed by atoms with Crippen molar-refractivity contribution in [3.05, 3.63) is 22.5 Å². The molecule has 2 aromatic heterocycles. The van der Waals surface area contributed by atoms with Gasteiger partial charge >= 0.3 is 0 Å². The van der Waals surface area contributed by atoms with Gasteiger partial charge in [-0.05, 0) is 50.0 Å². The van der Waals surface area contributed by atoms with Gasteiger partial charge < -0.3 is 5.73 Å². The third kappa shape index (κ3) is 2.59. The zero-order valence-corrected chi connectivity index (χ0v) is 13.4. The van der Waals surface area contributed by atoms with Crippen molar-refractivity contribution in [3.8, 4) is 0 Å². The molecule has 0 aromatic carbocycles. The molecule has 2 N–H and O–H groups in total. The molecule has 4 heteroatoms. The number of nitrogens with two attached hydrogens (primary N) is 1. The Morgan fingerprint density at radius 1 is 1.30 bits per heavy atom. The Kier molecular flexibility index (Phi) is 3.55. The van der Waals surface area contributed by atoms with Gasteiger partial charge in [0.1, 0.15) is 10.7 Å². The summed E-state index contributed by atoms with van der Waals surface area (Å²) in [6, 6.07) is 2.30. The average Bonchev–Trinajstić information content (AvgIpc) is 2.81. The summed E-state index contributed by atoms with van der Waals surface area (Å²) in [6.45, 7) is 7.21. The Morgan fingerprint density at radius 3 is 2.65 bits per heavy atom. The summed E-state index contributed by atoms with van der Waals surface area (Å²) in [6.07, 6.45) is 5.23. The standard InChI is InChI=1S/C16H23N3S/c1-10-18-13(9-17)12-8-14(20-15(12)19-10)11-4-6-16(2,3)7-5-11/h8,11H,4-7,9,17H2,1-3H3. The van der Waals surface area contributed by atoms with Crippen molar-refractivity contribution in [3.63, 3.8) is 0 Å². The van der Waals surface area contributed by atoms with Crippen LogP contribution in [0.15, 0.2) is 6.07 Å². The van der Waals surface area contributed by atoms with Gasteiger partial charge in [-0.2, -0.15) is 0 Å². The van der Waals surface area contributed by atoms with Crippen molar-refractivity contribution >= 4 is 21.6 Å². The number of thiophene rings is 1. The zero-order valence-electron chi connectivity index (χ0n) is 12.6. The van der Waals surface area contributed by atoms with E-state index in [0.717, 1.165) is 16.3 Å². The Hall–Kier alpha value is -1.00. The van der Waals surface area contributed by atoms with Crippen molar-refractivity contribution in [2.75, 3.05) is 0 Å². The predicted molar refractivity (Wildman–Crippen MR) is 85.0 cm³/mol. The fourth-order valence-electron chi connectivity index (χ4n) is 3.16. The second kappa shape index (κ2) is 5.08. The lowest BCUT2D eigenvalue weighted by atomic mass is 9.73. The molecule has 1 aliphatic rings. The number of rotatable bonds is 2. The van der Waals surface area contributed by atoms with E-state index in [2.05, 4.69) is 29.9 Å². The van der Waals surface area contributed by atoms with Gasteiger partial charge in [0.15, 0.2) is 0 Å². The molecule has 0 unspecified atom stereocenters. The summed E-state index contributed by atoms with van der Waals surface area (Å²) < 4.78 is 0. The number of aryl methyl sites for hydroxylation is 1. The highest BCUT2D eigenvalue weighted by molar-refractivity contribution is 7.18. The molecule has 2 heterocycles. The first kappa shape index (κ1) is 14.0. The number of aromatic nitrogens is 2. The van der Waals surface area contributed by atoms with E-state index in [1.54, 1.807) is 0 Å². The third-order valence-corrected chi connectivity index (χ3v) is 5.73.